The smallest absolute Gasteiger partial charge is 0.230 e. The quantitative estimate of drug-likeness (QED) is 0.639. The minimum Gasteiger partial charge on any atom is -0.424 e. The van der Waals surface area contributed by atoms with E-state index in [1.54, 1.807) is 0 Å². The third kappa shape index (κ3) is 3.84. The minimum absolute atomic E-state index is 0.143. The highest BCUT2D eigenvalue weighted by atomic mass is 16.5. The van der Waals surface area contributed by atoms with E-state index in [2.05, 4.69) is 57.9 Å². The lowest BCUT2D eigenvalue weighted by molar-refractivity contribution is -0.0167. The first-order valence-electron chi connectivity index (χ1n) is 10.4. The second kappa shape index (κ2) is 7.72. The van der Waals surface area contributed by atoms with E-state index in [4.69, 9.17) is 14.3 Å². The number of hydrogen-bond acceptors (Lipinski definition) is 6. The Morgan fingerprint density at radius 2 is 1.90 bits per heavy atom. The van der Waals surface area contributed by atoms with E-state index in [-0.39, 0.29) is 6.04 Å². The molecule has 0 amide bonds. The Balaban J connectivity index is 1.38. The van der Waals surface area contributed by atoms with Crippen molar-refractivity contribution in [1.82, 2.24) is 24.9 Å². The molecule has 1 aliphatic carbocycles. The Kier molecular flexibility index (Phi) is 4.93. The van der Waals surface area contributed by atoms with E-state index in [0.717, 1.165) is 31.3 Å². The molecule has 2 aromatic heterocycles. The predicted octanol–water partition coefficient (Wildman–Crippen LogP) is 3.38. The van der Waals surface area contributed by atoms with Crippen LogP contribution in [0.3, 0.4) is 0 Å². The Bertz CT molecular complexity index is 977. The standard InChI is InChI=1S/C22H27N5O2/c1-15-21(16(2)27(25-15)12-17-6-4-3-5-7-17)19-14-28-11-10-26(19)13-20-23-24-22(29-20)18-8-9-18/h3-7,18-19H,8-14H2,1-2H3/t19-/m0/s1. The molecule has 0 N–H and O–H groups in total. The molecule has 1 atom stereocenters. The summed E-state index contributed by atoms with van der Waals surface area (Å²) in [5, 5.41) is 13.4. The van der Waals surface area contributed by atoms with Crippen LogP contribution in [-0.4, -0.2) is 44.6 Å². The summed E-state index contributed by atoms with van der Waals surface area (Å²) in [6.07, 6.45) is 2.33. The van der Waals surface area contributed by atoms with Crippen LogP contribution in [0.2, 0.25) is 0 Å². The molecule has 152 valence electrons. The molecule has 1 saturated heterocycles. The highest BCUT2D eigenvalue weighted by Crippen LogP contribution is 2.39. The van der Waals surface area contributed by atoms with Gasteiger partial charge in [-0.05, 0) is 32.3 Å². The third-order valence-corrected chi connectivity index (χ3v) is 5.93. The van der Waals surface area contributed by atoms with Crippen LogP contribution in [0.25, 0.3) is 0 Å². The number of aromatic nitrogens is 4. The zero-order valence-corrected chi connectivity index (χ0v) is 17.0. The number of hydrogen-bond donors (Lipinski definition) is 0. The van der Waals surface area contributed by atoms with Crippen molar-refractivity contribution < 1.29 is 9.15 Å². The van der Waals surface area contributed by atoms with Gasteiger partial charge >= 0.3 is 0 Å². The first kappa shape index (κ1) is 18.5. The van der Waals surface area contributed by atoms with Gasteiger partial charge in [-0.1, -0.05) is 30.3 Å². The Labute approximate surface area is 170 Å². The third-order valence-electron chi connectivity index (χ3n) is 5.93. The number of nitrogens with zero attached hydrogens (tertiary/aromatic N) is 5. The number of ether oxygens (including phenoxy) is 1. The maximum absolute atomic E-state index is 5.91. The number of morpholine rings is 1. The molecule has 5 rings (SSSR count). The van der Waals surface area contributed by atoms with Crippen molar-refractivity contribution in [2.45, 2.75) is 51.7 Å². The Morgan fingerprint density at radius 1 is 1.07 bits per heavy atom. The molecule has 2 fully saturated rings. The van der Waals surface area contributed by atoms with Crippen LogP contribution in [0.5, 0.6) is 0 Å². The number of benzene rings is 1. The van der Waals surface area contributed by atoms with Crippen molar-refractivity contribution in [3.8, 4) is 0 Å². The van der Waals surface area contributed by atoms with Crippen LogP contribution in [0.4, 0.5) is 0 Å². The monoisotopic (exact) mass is 393 g/mol. The largest absolute Gasteiger partial charge is 0.424 e. The van der Waals surface area contributed by atoms with Crippen LogP contribution in [0.15, 0.2) is 34.7 Å². The molecule has 7 heteroatoms. The van der Waals surface area contributed by atoms with Crippen molar-refractivity contribution in [1.29, 1.82) is 0 Å². The summed E-state index contributed by atoms with van der Waals surface area (Å²) < 4.78 is 13.9. The van der Waals surface area contributed by atoms with Crippen LogP contribution in [0.1, 0.15) is 59.1 Å². The van der Waals surface area contributed by atoms with Gasteiger partial charge in [0.05, 0.1) is 38.0 Å². The van der Waals surface area contributed by atoms with Gasteiger partial charge in [0.25, 0.3) is 0 Å². The summed E-state index contributed by atoms with van der Waals surface area (Å²) in [7, 11) is 0. The van der Waals surface area contributed by atoms with Crippen LogP contribution < -0.4 is 0 Å². The Hall–Kier alpha value is -2.51. The van der Waals surface area contributed by atoms with E-state index >= 15 is 0 Å². The molecule has 2 aliphatic rings. The molecular weight excluding hydrogens is 366 g/mol. The van der Waals surface area contributed by atoms with Gasteiger partial charge < -0.3 is 9.15 Å². The molecule has 3 aromatic rings. The van der Waals surface area contributed by atoms with E-state index in [1.807, 2.05) is 6.07 Å². The lowest BCUT2D eigenvalue weighted by Crippen LogP contribution is -2.39. The topological polar surface area (TPSA) is 69.2 Å². The van der Waals surface area contributed by atoms with Gasteiger partial charge in [0.2, 0.25) is 11.8 Å². The zero-order chi connectivity index (χ0) is 19.8. The molecule has 1 aliphatic heterocycles. The van der Waals surface area contributed by atoms with Crippen LogP contribution >= 0.6 is 0 Å². The molecule has 29 heavy (non-hydrogen) atoms. The summed E-state index contributed by atoms with van der Waals surface area (Å²) in [5.74, 6) is 1.98. The maximum Gasteiger partial charge on any atom is 0.230 e. The molecule has 0 radical (unpaired) electrons. The fourth-order valence-electron chi connectivity index (χ4n) is 4.20. The van der Waals surface area contributed by atoms with Crippen molar-refractivity contribution >= 4 is 0 Å². The first-order valence-corrected chi connectivity index (χ1v) is 10.4. The predicted molar refractivity (Wildman–Crippen MR) is 107 cm³/mol. The summed E-state index contributed by atoms with van der Waals surface area (Å²) in [6, 6.07) is 10.6. The van der Waals surface area contributed by atoms with Crippen molar-refractivity contribution in [2.24, 2.45) is 0 Å². The fraction of sp³-hybridized carbons (Fsp3) is 0.500. The molecule has 1 aromatic carbocycles. The molecule has 0 unspecified atom stereocenters. The average Bonchev–Trinajstić information content (AvgIpc) is 3.42. The first-order chi connectivity index (χ1) is 14.2. The van der Waals surface area contributed by atoms with Gasteiger partial charge in [0, 0.05) is 23.7 Å². The molecular formula is C22H27N5O2. The maximum atomic E-state index is 5.91. The average molecular weight is 393 g/mol. The fourth-order valence-corrected chi connectivity index (χ4v) is 4.20. The highest BCUT2D eigenvalue weighted by Gasteiger charge is 2.32. The second-order valence-corrected chi connectivity index (χ2v) is 8.10. The van der Waals surface area contributed by atoms with Gasteiger partial charge in [-0.25, -0.2) is 0 Å². The van der Waals surface area contributed by atoms with Crippen molar-refractivity contribution in [3.63, 3.8) is 0 Å². The van der Waals surface area contributed by atoms with Gasteiger partial charge in [-0.3, -0.25) is 9.58 Å². The minimum atomic E-state index is 0.143. The van der Waals surface area contributed by atoms with Crippen LogP contribution in [0, 0.1) is 13.8 Å². The van der Waals surface area contributed by atoms with E-state index in [0.29, 0.717) is 25.0 Å². The van der Waals surface area contributed by atoms with Gasteiger partial charge in [0.15, 0.2) is 0 Å². The van der Waals surface area contributed by atoms with Gasteiger partial charge in [-0.15, -0.1) is 10.2 Å². The van der Waals surface area contributed by atoms with E-state index < -0.39 is 0 Å². The lowest BCUT2D eigenvalue weighted by Gasteiger charge is -2.35. The molecule has 0 bridgehead atoms. The summed E-state index contributed by atoms with van der Waals surface area (Å²) in [5.41, 5.74) is 4.75. The molecule has 0 spiro atoms. The summed E-state index contributed by atoms with van der Waals surface area (Å²) in [6.45, 7) is 7.89. The van der Waals surface area contributed by atoms with Crippen LogP contribution in [-0.2, 0) is 17.8 Å². The number of aryl methyl sites for hydroxylation is 1. The second-order valence-electron chi connectivity index (χ2n) is 8.10. The summed E-state index contributed by atoms with van der Waals surface area (Å²) in [4.78, 5) is 2.39. The normalized spacial score (nSPS) is 20.3. The van der Waals surface area contributed by atoms with Gasteiger partial charge in [0.1, 0.15) is 0 Å². The SMILES string of the molecule is Cc1nn(Cc2ccccc2)c(C)c1[C@@H]1COCCN1Cc1nnc(C2CC2)o1. The van der Waals surface area contributed by atoms with E-state index in [1.165, 1.54) is 29.7 Å². The van der Waals surface area contributed by atoms with Gasteiger partial charge in [-0.2, -0.15) is 5.10 Å². The van der Waals surface area contributed by atoms with Crippen molar-refractivity contribution in [2.75, 3.05) is 19.8 Å². The molecule has 7 nitrogen and oxygen atoms in total. The highest BCUT2D eigenvalue weighted by molar-refractivity contribution is 5.30. The Morgan fingerprint density at radius 3 is 2.69 bits per heavy atom. The van der Waals surface area contributed by atoms with Crippen molar-refractivity contribution in [3.05, 3.63) is 64.6 Å². The molecule has 3 heterocycles. The zero-order valence-electron chi connectivity index (χ0n) is 17.0. The lowest BCUT2D eigenvalue weighted by atomic mass is 10.0. The molecule has 1 saturated carbocycles. The van der Waals surface area contributed by atoms with E-state index in [9.17, 15) is 0 Å². The number of rotatable bonds is 6. The summed E-state index contributed by atoms with van der Waals surface area (Å²) >= 11 is 0.